The lowest BCUT2D eigenvalue weighted by Gasteiger charge is -2.18. The van der Waals surface area contributed by atoms with E-state index in [9.17, 15) is 0 Å². The molecule has 2 nitrogen and oxygen atoms in total. The van der Waals surface area contributed by atoms with Crippen LogP contribution in [-0.2, 0) is 6.42 Å². The van der Waals surface area contributed by atoms with Crippen molar-refractivity contribution in [3.05, 3.63) is 65.7 Å². The average Bonchev–Trinajstić information content (AvgIpc) is 2.47. The average molecular weight is 255 g/mol. The Bertz CT molecular complexity index is 474. The van der Waals surface area contributed by atoms with Crippen LogP contribution >= 0.6 is 0 Å². The van der Waals surface area contributed by atoms with Crippen LogP contribution in [0.3, 0.4) is 0 Å². The Balaban J connectivity index is 1.98. The van der Waals surface area contributed by atoms with Gasteiger partial charge in [0.25, 0.3) is 0 Å². The van der Waals surface area contributed by atoms with Gasteiger partial charge in [0, 0.05) is 13.1 Å². The summed E-state index contributed by atoms with van der Waals surface area (Å²) in [4.78, 5) is 5.75. The van der Waals surface area contributed by atoms with Crippen molar-refractivity contribution < 1.29 is 4.84 Å². The van der Waals surface area contributed by atoms with Gasteiger partial charge in [0.1, 0.15) is 5.75 Å². The molecule has 19 heavy (non-hydrogen) atoms. The molecule has 0 heterocycles. The third-order valence-electron chi connectivity index (χ3n) is 3.11. The van der Waals surface area contributed by atoms with Gasteiger partial charge in [-0.1, -0.05) is 42.5 Å². The van der Waals surface area contributed by atoms with E-state index in [1.807, 2.05) is 23.3 Å². The zero-order valence-corrected chi connectivity index (χ0v) is 11.7. The summed E-state index contributed by atoms with van der Waals surface area (Å²) in [5.74, 6) is 0.903. The van der Waals surface area contributed by atoms with Gasteiger partial charge in [0.05, 0.1) is 0 Å². The van der Waals surface area contributed by atoms with Crippen LogP contribution in [0.4, 0.5) is 0 Å². The van der Waals surface area contributed by atoms with Crippen molar-refractivity contribution in [1.29, 1.82) is 0 Å². The first-order chi connectivity index (χ1) is 9.31. The van der Waals surface area contributed by atoms with E-state index in [-0.39, 0.29) is 0 Å². The van der Waals surface area contributed by atoms with Crippen LogP contribution in [0.5, 0.6) is 5.75 Å². The second kappa shape index (κ2) is 6.95. The predicted octanol–water partition coefficient (Wildman–Crippen LogP) is 3.91. The van der Waals surface area contributed by atoms with Gasteiger partial charge in [-0.15, -0.1) is 5.06 Å². The van der Waals surface area contributed by atoms with E-state index in [0.717, 1.165) is 25.3 Å². The number of benzene rings is 2. The fourth-order valence-electron chi connectivity index (χ4n) is 2.00. The van der Waals surface area contributed by atoms with Crippen molar-refractivity contribution in [2.45, 2.75) is 20.3 Å². The number of hydroxylamine groups is 2. The summed E-state index contributed by atoms with van der Waals surface area (Å²) < 4.78 is 0. The van der Waals surface area contributed by atoms with Gasteiger partial charge in [-0.25, -0.2) is 0 Å². The summed E-state index contributed by atoms with van der Waals surface area (Å²) in [6.07, 6.45) is 0.965. The summed E-state index contributed by atoms with van der Waals surface area (Å²) in [7, 11) is 0. The number of rotatable bonds is 6. The van der Waals surface area contributed by atoms with Crippen LogP contribution in [0, 0.1) is 0 Å². The molecule has 0 radical (unpaired) electrons. The summed E-state index contributed by atoms with van der Waals surface area (Å²) >= 11 is 0. The van der Waals surface area contributed by atoms with Crippen molar-refractivity contribution >= 4 is 0 Å². The molecule has 2 aromatic carbocycles. The normalized spacial score (nSPS) is 10.7. The number of nitrogens with zero attached hydrogens (tertiary/aromatic N) is 1. The maximum absolute atomic E-state index is 5.75. The van der Waals surface area contributed by atoms with Gasteiger partial charge in [-0.2, -0.15) is 0 Å². The van der Waals surface area contributed by atoms with E-state index in [1.54, 1.807) is 0 Å². The standard InChI is InChI=1S/C17H21NO/c1-3-18(4-2)19-17-12-10-16(11-13-17)14-15-8-6-5-7-9-15/h5-13H,3-4,14H2,1-2H3. The summed E-state index contributed by atoms with van der Waals surface area (Å²) in [5, 5.41) is 1.94. The maximum atomic E-state index is 5.75. The van der Waals surface area contributed by atoms with Crippen molar-refractivity contribution in [3.63, 3.8) is 0 Å². The van der Waals surface area contributed by atoms with Gasteiger partial charge < -0.3 is 4.84 Å². The van der Waals surface area contributed by atoms with Crippen molar-refractivity contribution in [2.24, 2.45) is 0 Å². The Morgan fingerprint density at radius 2 is 1.37 bits per heavy atom. The largest absolute Gasteiger partial charge is 0.406 e. The van der Waals surface area contributed by atoms with Crippen LogP contribution < -0.4 is 4.84 Å². The van der Waals surface area contributed by atoms with E-state index >= 15 is 0 Å². The topological polar surface area (TPSA) is 12.5 Å². The second-order valence-corrected chi connectivity index (χ2v) is 4.51. The first kappa shape index (κ1) is 13.6. The second-order valence-electron chi connectivity index (χ2n) is 4.51. The van der Waals surface area contributed by atoms with Crippen LogP contribution in [0.25, 0.3) is 0 Å². The van der Waals surface area contributed by atoms with E-state index in [2.05, 4.69) is 50.2 Å². The minimum absolute atomic E-state index is 0.891. The number of hydrogen-bond donors (Lipinski definition) is 0. The molecule has 0 bridgehead atoms. The molecule has 0 N–H and O–H groups in total. The Morgan fingerprint density at radius 1 is 0.789 bits per heavy atom. The highest BCUT2D eigenvalue weighted by atomic mass is 16.7. The molecule has 0 unspecified atom stereocenters. The molecule has 0 aliphatic carbocycles. The van der Waals surface area contributed by atoms with Gasteiger partial charge in [-0.05, 0) is 43.5 Å². The minimum Gasteiger partial charge on any atom is -0.406 e. The molecule has 0 aliphatic heterocycles. The van der Waals surface area contributed by atoms with Gasteiger partial charge >= 0.3 is 0 Å². The zero-order chi connectivity index (χ0) is 13.5. The van der Waals surface area contributed by atoms with E-state index in [0.29, 0.717) is 0 Å². The molecule has 0 amide bonds. The molecule has 0 fully saturated rings. The van der Waals surface area contributed by atoms with Gasteiger partial charge in [-0.3, -0.25) is 0 Å². The maximum Gasteiger partial charge on any atom is 0.147 e. The third-order valence-corrected chi connectivity index (χ3v) is 3.11. The van der Waals surface area contributed by atoms with Crippen LogP contribution in [-0.4, -0.2) is 18.2 Å². The fraction of sp³-hybridized carbons (Fsp3) is 0.294. The zero-order valence-electron chi connectivity index (χ0n) is 11.7. The molecule has 0 spiro atoms. The lowest BCUT2D eigenvalue weighted by Crippen LogP contribution is -2.26. The van der Waals surface area contributed by atoms with Crippen LogP contribution in [0.2, 0.25) is 0 Å². The van der Waals surface area contributed by atoms with Crippen molar-refractivity contribution in [2.75, 3.05) is 13.1 Å². The van der Waals surface area contributed by atoms with E-state index < -0.39 is 0 Å². The number of hydrogen-bond acceptors (Lipinski definition) is 2. The Morgan fingerprint density at radius 3 is 1.95 bits per heavy atom. The van der Waals surface area contributed by atoms with Gasteiger partial charge in [0.2, 0.25) is 0 Å². The molecule has 0 saturated carbocycles. The summed E-state index contributed by atoms with van der Waals surface area (Å²) in [6.45, 7) is 5.96. The summed E-state index contributed by atoms with van der Waals surface area (Å²) in [6, 6.07) is 18.8. The lowest BCUT2D eigenvalue weighted by molar-refractivity contribution is -0.0486. The monoisotopic (exact) mass is 255 g/mol. The van der Waals surface area contributed by atoms with Crippen LogP contribution in [0.1, 0.15) is 25.0 Å². The highest BCUT2D eigenvalue weighted by Crippen LogP contribution is 2.16. The summed E-state index contributed by atoms with van der Waals surface area (Å²) in [5.41, 5.74) is 2.64. The van der Waals surface area contributed by atoms with Gasteiger partial charge in [0.15, 0.2) is 0 Å². The molecule has 2 aromatic rings. The molecular weight excluding hydrogens is 234 g/mol. The highest BCUT2D eigenvalue weighted by Gasteiger charge is 2.02. The Labute approximate surface area is 115 Å². The molecule has 2 heteroatoms. The smallest absolute Gasteiger partial charge is 0.147 e. The van der Waals surface area contributed by atoms with Crippen LogP contribution in [0.15, 0.2) is 54.6 Å². The SMILES string of the molecule is CCN(CC)Oc1ccc(Cc2ccccc2)cc1. The quantitative estimate of drug-likeness (QED) is 0.726. The fourth-order valence-corrected chi connectivity index (χ4v) is 2.00. The first-order valence-corrected chi connectivity index (χ1v) is 6.87. The third kappa shape index (κ3) is 4.11. The molecule has 0 saturated heterocycles. The lowest BCUT2D eigenvalue weighted by atomic mass is 10.1. The molecule has 0 aliphatic rings. The Hall–Kier alpha value is -1.80. The minimum atomic E-state index is 0.891. The van der Waals surface area contributed by atoms with Crippen molar-refractivity contribution in [3.8, 4) is 5.75 Å². The van der Waals surface area contributed by atoms with Crippen molar-refractivity contribution in [1.82, 2.24) is 5.06 Å². The molecule has 0 aromatic heterocycles. The van der Waals surface area contributed by atoms with E-state index in [1.165, 1.54) is 11.1 Å². The van der Waals surface area contributed by atoms with E-state index in [4.69, 9.17) is 4.84 Å². The molecule has 100 valence electrons. The molecule has 2 rings (SSSR count). The molecule has 0 atom stereocenters. The Kier molecular flexibility index (Phi) is 4.99. The highest BCUT2D eigenvalue weighted by molar-refractivity contribution is 5.31. The molecular formula is C17H21NO. The first-order valence-electron chi connectivity index (χ1n) is 6.87. The predicted molar refractivity (Wildman–Crippen MR) is 79.2 cm³/mol.